The highest BCUT2D eigenvalue weighted by molar-refractivity contribution is 6.30. The number of halogens is 2. The standard InChI is InChI=1S/C16H10ClFN2/c17-14-4-3-13(15(18)8-14)10-20-6-5-12-2-1-11(9-19)7-16(12)20/h1-8H,10H2. The first-order chi connectivity index (χ1) is 9.67. The predicted octanol–water partition coefficient (Wildman–Crippen LogP) is 4.35. The average molecular weight is 285 g/mol. The fourth-order valence-electron chi connectivity index (χ4n) is 2.22. The third-order valence-electron chi connectivity index (χ3n) is 3.26. The van der Waals surface area contributed by atoms with Gasteiger partial charge in [0.2, 0.25) is 0 Å². The van der Waals surface area contributed by atoms with E-state index in [1.165, 1.54) is 6.07 Å². The molecular formula is C16H10ClFN2. The van der Waals surface area contributed by atoms with E-state index in [-0.39, 0.29) is 5.82 Å². The summed E-state index contributed by atoms with van der Waals surface area (Å²) in [5.41, 5.74) is 2.07. The van der Waals surface area contributed by atoms with Crippen LogP contribution in [0.15, 0.2) is 48.7 Å². The summed E-state index contributed by atoms with van der Waals surface area (Å²) >= 11 is 5.75. The van der Waals surface area contributed by atoms with Crippen LogP contribution < -0.4 is 0 Å². The molecule has 0 aliphatic heterocycles. The fraction of sp³-hybridized carbons (Fsp3) is 0.0625. The number of rotatable bonds is 2. The van der Waals surface area contributed by atoms with Crippen LogP contribution in [0.4, 0.5) is 4.39 Å². The van der Waals surface area contributed by atoms with Crippen LogP contribution in [-0.2, 0) is 6.54 Å². The van der Waals surface area contributed by atoms with E-state index in [1.54, 1.807) is 18.2 Å². The lowest BCUT2D eigenvalue weighted by atomic mass is 10.1. The van der Waals surface area contributed by atoms with Gasteiger partial charge in [-0.1, -0.05) is 23.7 Å². The minimum Gasteiger partial charge on any atom is -0.343 e. The maximum atomic E-state index is 13.8. The zero-order chi connectivity index (χ0) is 14.1. The molecule has 0 spiro atoms. The first kappa shape index (κ1) is 12.7. The Kier molecular flexibility index (Phi) is 3.17. The lowest BCUT2D eigenvalue weighted by Gasteiger charge is -2.07. The lowest BCUT2D eigenvalue weighted by molar-refractivity contribution is 0.602. The zero-order valence-corrected chi connectivity index (χ0v) is 11.2. The Morgan fingerprint density at radius 1 is 1.15 bits per heavy atom. The molecule has 3 rings (SSSR count). The number of benzene rings is 2. The van der Waals surface area contributed by atoms with E-state index in [2.05, 4.69) is 6.07 Å². The summed E-state index contributed by atoms with van der Waals surface area (Å²) in [7, 11) is 0. The Morgan fingerprint density at radius 2 is 2.00 bits per heavy atom. The second kappa shape index (κ2) is 4.99. The second-order valence-electron chi connectivity index (χ2n) is 4.56. The van der Waals surface area contributed by atoms with Crippen molar-refractivity contribution in [1.82, 2.24) is 4.57 Å². The van der Waals surface area contributed by atoms with Crippen LogP contribution >= 0.6 is 11.6 Å². The molecule has 0 radical (unpaired) electrons. The summed E-state index contributed by atoms with van der Waals surface area (Å²) < 4.78 is 15.8. The van der Waals surface area contributed by atoms with Crippen molar-refractivity contribution in [3.63, 3.8) is 0 Å². The monoisotopic (exact) mass is 284 g/mol. The van der Waals surface area contributed by atoms with Gasteiger partial charge in [-0.3, -0.25) is 0 Å². The van der Waals surface area contributed by atoms with E-state index in [1.807, 2.05) is 29.0 Å². The molecule has 0 bridgehead atoms. The van der Waals surface area contributed by atoms with Crippen molar-refractivity contribution in [1.29, 1.82) is 5.26 Å². The average Bonchev–Trinajstić information content (AvgIpc) is 2.84. The van der Waals surface area contributed by atoms with Gasteiger partial charge < -0.3 is 4.57 Å². The molecule has 1 heterocycles. The zero-order valence-electron chi connectivity index (χ0n) is 10.5. The smallest absolute Gasteiger partial charge is 0.129 e. The fourth-order valence-corrected chi connectivity index (χ4v) is 2.38. The van der Waals surface area contributed by atoms with E-state index < -0.39 is 0 Å². The maximum absolute atomic E-state index is 13.8. The van der Waals surface area contributed by atoms with Gasteiger partial charge >= 0.3 is 0 Å². The number of nitriles is 1. The summed E-state index contributed by atoms with van der Waals surface area (Å²) in [6.07, 6.45) is 1.89. The van der Waals surface area contributed by atoms with Crippen molar-refractivity contribution in [3.8, 4) is 6.07 Å². The molecule has 0 N–H and O–H groups in total. The van der Waals surface area contributed by atoms with Gasteiger partial charge in [0, 0.05) is 22.3 Å². The molecule has 0 amide bonds. The Balaban J connectivity index is 2.04. The third-order valence-corrected chi connectivity index (χ3v) is 3.49. The largest absolute Gasteiger partial charge is 0.343 e. The third kappa shape index (κ3) is 2.26. The molecule has 0 saturated heterocycles. The van der Waals surface area contributed by atoms with Crippen molar-refractivity contribution < 1.29 is 4.39 Å². The molecule has 3 aromatic rings. The van der Waals surface area contributed by atoms with E-state index in [0.29, 0.717) is 22.7 Å². The number of hydrogen-bond donors (Lipinski definition) is 0. The molecule has 0 saturated carbocycles. The van der Waals surface area contributed by atoms with E-state index in [4.69, 9.17) is 16.9 Å². The molecule has 98 valence electrons. The molecule has 0 atom stereocenters. The van der Waals surface area contributed by atoms with Crippen molar-refractivity contribution >= 4 is 22.5 Å². The minimum atomic E-state index is -0.323. The highest BCUT2D eigenvalue weighted by atomic mass is 35.5. The van der Waals surface area contributed by atoms with E-state index >= 15 is 0 Å². The van der Waals surface area contributed by atoms with Crippen molar-refractivity contribution in [2.24, 2.45) is 0 Å². The quantitative estimate of drug-likeness (QED) is 0.687. The number of aromatic nitrogens is 1. The van der Waals surface area contributed by atoms with Crippen LogP contribution in [0, 0.1) is 17.1 Å². The van der Waals surface area contributed by atoms with Crippen molar-refractivity contribution in [3.05, 3.63) is 70.6 Å². The topological polar surface area (TPSA) is 28.7 Å². The van der Waals surface area contributed by atoms with Crippen LogP contribution in [0.5, 0.6) is 0 Å². The molecule has 2 aromatic carbocycles. The normalized spacial score (nSPS) is 10.7. The second-order valence-corrected chi connectivity index (χ2v) is 5.00. The molecule has 0 fully saturated rings. The molecular weight excluding hydrogens is 275 g/mol. The summed E-state index contributed by atoms with van der Waals surface area (Å²) in [6.45, 7) is 0.404. The predicted molar refractivity (Wildman–Crippen MR) is 77.2 cm³/mol. The summed E-state index contributed by atoms with van der Waals surface area (Å²) in [5.74, 6) is -0.323. The van der Waals surface area contributed by atoms with E-state index in [0.717, 1.165) is 10.9 Å². The molecule has 20 heavy (non-hydrogen) atoms. The van der Waals surface area contributed by atoms with Crippen LogP contribution in [0.1, 0.15) is 11.1 Å². The highest BCUT2D eigenvalue weighted by Gasteiger charge is 2.07. The van der Waals surface area contributed by atoms with E-state index in [9.17, 15) is 4.39 Å². The summed E-state index contributed by atoms with van der Waals surface area (Å²) in [4.78, 5) is 0. The number of nitrogens with zero attached hydrogens (tertiary/aromatic N) is 2. The van der Waals surface area contributed by atoms with Gasteiger partial charge in [-0.2, -0.15) is 5.26 Å². The number of hydrogen-bond acceptors (Lipinski definition) is 1. The van der Waals surface area contributed by atoms with Gasteiger partial charge in [0.25, 0.3) is 0 Å². The lowest BCUT2D eigenvalue weighted by Crippen LogP contribution is -2.00. The van der Waals surface area contributed by atoms with Gasteiger partial charge in [-0.15, -0.1) is 0 Å². The van der Waals surface area contributed by atoms with Gasteiger partial charge in [0.1, 0.15) is 5.82 Å². The first-order valence-electron chi connectivity index (χ1n) is 6.10. The SMILES string of the molecule is N#Cc1ccc2ccn(Cc3ccc(Cl)cc3F)c2c1. The van der Waals surface area contributed by atoms with Gasteiger partial charge in [-0.05, 0) is 35.7 Å². The van der Waals surface area contributed by atoms with Gasteiger partial charge in [0.15, 0.2) is 0 Å². The van der Waals surface area contributed by atoms with Crippen LogP contribution in [0.2, 0.25) is 5.02 Å². The molecule has 2 nitrogen and oxygen atoms in total. The first-order valence-corrected chi connectivity index (χ1v) is 6.48. The summed E-state index contributed by atoms with van der Waals surface area (Å²) in [6, 6.07) is 14.2. The van der Waals surface area contributed by atoms with Crippen molar-refractivity contribution in [2.75, 3.05) is 0 Å². The van der Waals surface area contributed by atoms with Crippen LogP contribution in [0.3, 0.4) is 0 Å². The highest BCUT2D eigenvalue weighted by Crippen LogP contribution is 2.21. The molecule has 1 aromatic heterocycles. The van der Waals surface area contributed by atoms with Gasteiger partial charge in [-0.25, -0.2) is 4.39 Å². The maximum Gasteiger partial charge on any atom is 0.129 e. The summed E-state index contributed by atoms with van der Waals surface area (Å²) in [5, 5.41) is 10.4. The number of fused-ring (bicyclic) bond motifs is 1. The Morgan fingerprint density at radius 3 is 2.75 bits per heavy atom. The Labute approximate surface area is 120 Å². The molecule has 0 unspecified atom stereocenters. The molecule has 0 aliphatic carbocycles. The minimum absolute atomic E-state index is 0.323. The Bertz CT molecular complexity index is 830. The van der Waals surface area contributed by atoms with Gasteiger partial charge in [0.05, 0.1) is 18.2 Å². The van der Waals surface area contributed by atoms with Crippen LogP contribution in [0.25, 0.3) is 10.9 Å². The van der Waals surface area contributed by atoms with Crippen LogP contribution in [-0.4, -0.2) is 4.57 Å². The molecule has 0 aliphatic rings. The molecule has 4 heteroatoms. The Hall–Kier alpha value is -2.31. The van der Waals surface area contributed by atoms with Crippen molar-refractivity contribution in [2.45, 2.75) is 6.54 Å².